The number of aliphatic hydroxyl groups excluding tert-OH is 1. The van der Waals surface area contributed by atoms with Crippen LogP contribution in [0.15, 0.2) is 55.6 Å². The monoisotopic (exact) mass is 523 g/mol. The molecule has 1 spiro atoms. The van der Waals surface area contributed by atoms with Crippen LogP contribution in [0.2, 0.25) is 0 Å². The predicted octanol–water partition coefficient (Wildman–Crippen LogP) is 2.77. The smallest absolute Gasteiger partial charge is 0.248 e. The first-order valence-electron chi connectivity index (χ1n) is 13.7. The number of rotatable bonds is 12. The normalized spacial score (nSPS) is 28.3. The number of carbonyl (C=O) groups is 3. The molecule has 3 heterocycles. The molecule has 0 radical (unpaired) electrons. The van der Waals surface area contributed by atoms with Crippen LogP contribution in [0.4, 0.5) is 0 Å². The zero-order valence-corrected chi connectivity index (χ0v) is 22.8. The van der Waals surface area contributed by atoms with Crippen LogP contribution in [-0.4, -0.2) is 87.1 Å². The molecule has 6 atom stereocenters. The Morgan fingerprint density at radius 2 is 1.87 bits per heavy atom. The van der Waals surface area contributed by atoms with Gasteiger partial charge in [0, 0.05) is 25.7 Å². The standard InChI is InChI=1S/C30H41N3O5/c1-6-16-31(18-21-12-10-9-11-13-21)27(35)24-23-14-15-30(38-23)25(24)28(36)33(22(8-3)19-34)26(30)29(37)32(17-7-2)20(4)5/h6-7,9-13,20,22-26,34H,1-2,8,14-19H2,3-5H3/t22-,23+,24-,25-,26?,30?/m0/s1. The average molecular weight is 524 g/mol. The summed E-state index contributed by atoms with van der Waals surface area (Å²) in [6.45, 7) is 14.2. The lowest BCUT2D eigenvalue weighted by Crippen LogP contribution is -2.59. The Kier molecular flexibility index (Phi) is 8.43. The molecule has 4 rings (SSSR count). The molecule has 1 aromatic rings. The molecule has 3 saturated heterocycles. The molecule has 8 nitrogen and oxygen atoms in total. The minimum atomic E-state index is -1.09. The minimum absolute atomic E-state index is 0.118. The van der Waals surface area contributed by atoms with Gasteiger partial charge in [-0.2, -0.15) is 0 Å². The Balaban J connectivity index is 1.74. The van der Waals surface area contributed by atoms with Crippen molar-refractivity contribution in [2.45, 2.75) is 76.4 Å². The quantitative estimate of drug-likeness (QED) is 0.426. The van der Waals surface area contributed by atoms with E-state index in [-0.39, 0.29) is 30.4 Å². The van der Waals surface area contributed by atoms with Crippen LogP contribution in [0.1, 0.15) is 45.6 Å². The van der Waals surface area contributed by atoms with E-state index in [0.717, 1.165) is 5.56 Å². The van der Waals surface area contributed by atoms with Gasteiger partial charge in [0.05, 0.1) is 30.6 Å². The van der Waals surface area contributed by atoms with E-state index in [4.69, 9.17) is 4.74 Å². The third-order valence-corrected chi connectivity index (χ3v) is 8.44. The van der Waals surface area contributed by atoms with Gasteiger partial charge in [0.15, 0.2) is 0 Å². The molecule has 3 aliphatic heterocycles. The summed E-state index contributed by atoms with van der Waals surface area (Å²) in [6, 6.07) is 8.16. The first-order valence-corrected chi connectivity index (χ1v) is 13.7. The largest absolute Gasteiger partial charge is 0.394 e. The number of hydrogen-bond acceptors (Lipinski definition) is 5. The fourth-order valence-corrected chi connectivity index (χ4v) is 6.71. The summed E-state index contributed by atoms with van der Waals surface area (Å²) in [5, 5.41) is 10.2. The second-order valence-corrected chi connectivity index (χ2v) is 10.9. The SMILES string of the molecule is C=CCN(Cc1ccccc1)C(=O)[C@@H]1[C@H]2C(=O)N([C@@H](CC)CO)C(C(=O)N(CC=C)C(C)C)C23CC[C@H]1O3. The Morgan fingerprint density at radius 3 is 2.45 bits per heavy atom. The number of fused-ring (bicyclic) bond motifs is 1. The summed E-state index contributed by atoms with van der Waals surface area (Å²) in [4.78, 5) is 47.4. The van der Waals surface area contributed by atoms with Gasteiger partial charge in [0.2, 0.25) is 17.7 Å². The van der Waals surface area contributed by atoms with Crippen molar-refractivity contribution in [2.75, 3.05) is 19.7 Å². The Labute approximate surface area is 225 Å². The molecule has 8 heteroatoms. The van der Waals surface area contributed by atoms with Crippen molar-refractivity contribution in [1.29, 1.82) is 0 Å². The van der Waals surface area contributed by atoms with E-state index in [1.165, 1.54) is 0 Å². The molecule has 206 valence electrons. The van der Waals surface area contributed by atoms with E-state index in [2.05, 4.69) is 13.2 Å². The maximum absolute atomic E-state index is 14.2. The molecular formula is C30H41N3O5. The Morgan fingerprint density at radius 1 is 1.18 bits per heavy atom. The average Bonchev–Trinajstić information content (AvgIpc) is 3.55. The zero-order chi connectivity index (χ0) is 27.6. The van der Waals surface area contributed by atoms with Crippen molar-refractivity contribution >= 4 is 17.7 Å². The topological polar surface area (TPSA) is 90.4 Å². The number of nitrogens with zero attached hydrogens (tertiary/aromatic N) is 3. The first-order chi connectivity index (χ1) is 18.2. The van der Waals surface area contributed by atoms with Crippen LogP contribution in [-0.2, 0) is 25.7 Å². The first kappa shape index (κ1) is 28.0. The lowest BCUT2D eigenvalue weighted by Gasteiger charge is -2.40. The third kappa shape index (κ3) is 4.58. The van der Waals surface area contributed by atoms with Gasteiger partial charge in [0.1, 0.15) is 11.6 Å². The van der Waals surface area contributed by atoms with Gasteiger partial charge in [-0.05, 0) is 38.7 Å². The van der Waals surface area contributed by atoms with E-state index in [0.29, 0.717) is 38.9 Å². The van der Waals surface area contributed by atoms with Gasteiger partial charge in [-0.3, -0.25) is 14.4 Å². The minimum Gasteiger partial charge on any atom is -0.394 e. The van der Waals surface area contributed by atoms with Crippen LogP contribution in [0, 0.1) is 11.8 Å². The molecule has 1 aromatic carbocycles. The highest BCUT2D eigenvalue weighted by Crippen LogP contribution is 2.59. The van der Waals surface area contributed by atoms with Crippen LogP contribution in [0.25, 0.3) is 0 Å². The maximum Gasteiger partial charge on any atom is 0.248 e. The fraction of sp³-hybridized carbons (Fsp3) is 0.567. The molecule has 2 bridgehead atoms. The molecule has 3 amide bonds. The van der Waals surface area contributed by atoms with Crippen LogP contribution >= 0.6 is 0 Å². The fourth-order valence-electron chi connectivity index (χ4n) is 6.71. The number of benzene rings is 1. The van der Waals surface area contributed by atoms with Crippen molar-refractivity contribution < 1.29 is 24.2 Å². The number of amides is 3. The van der Waals surface area contributed by atoms with Crippen molar-refractivity contribution in [3.8, 4) is 0 Å². The van der Waals surface area contributed by atoms with Crippen molar-refractivity contribution in [2.24, 2.45) is 11.8 Å². The molecule has 0 aliphatic carbocycles. The van der Waals surface area contributed by atoms with Crippen LogP contribution in [0.3, 0.4) is 0 Å². The molecule has 2 unspecified atom stereocenters. The van der Waals surface area contributed by atoms with Gasteiger partial charge in [-0.1, -0.05) is 49.4 Å². The summed E-state index contributed by atoms with van der Waals surface area (Å²) in [7, 11) is 0. The van der Waals surface area contributed by atoms with E-state index in [1.807, 2.05) is 51.1 Å². The van der Waals surface area contributed by atoms with Crippen molar-refractivity contribution in [3.05, 3.63) is 61.2 Å². The van der Waals surface area contributed by atoms with E-state index >= 15 is 0 Å². The van der Waals surface area contributed by atoms with Crippen molar-refractivity contribution in [1.82, 2.24) is 14.7 Å². The van der Waals surface area contributed by atoms with Gasteiger partial charge in [-0.25, -0.2) is 0 Å². The number of ether oxygens (including phenoxy) is 1. The van der Waals surface area contributed by atoms with Crippen LogP contribution in [0.5, 0.6) is 0 Å². The third-order valence-electron chi connectivity index (χ3n) is 8.44. The Bertz CT molecular complexity index is 1060. The summed E-state index contributed by atoms with van der Waals surface area (Å²) in [5.74, 6) is -2.11. The summed E-state index contributed by atoms with van der Waals surface area (Å²) >= 11 is 0. The van der Waals surface area contributed by atoms with Gasteiger partial charge < -0.3 is 24.5 Å². The van der Waals surface area contributed by atoms with Gasteiger partial charge in [-0.15, -0.1) is 13.2 Å². The molecule has 3 fully saturated rings. The van der Waals surface area contributed by atoms with E-state index < -0.39 is 35.6 Å². The summed E-state index contributed by atoms with van der Waals surface area (Å²) in [5.41, 5.74) is -0.111. The van der Waals surface area contributed by atoms with E-state index in [9.17, 15) is 19.5 Å². The number of carbonyl (C=O) groups excluding carboxylic acids is 3. The highest BCUT2D eigenvalue weighted by atomic mass is 16.5. The highest BCUT2D eigenvalue weighted by molar-refractivity contribution is 5.99. The predicted molar refractivity (Wildman–Crippen MR) is 145 cm³/mol. The second kappa shape index (κ2) is 11.4. The number of likely N-dealkylation sites (tertiary alicyclic amines) is 1. The molecule has 3 aliphatic rings. The van der Waals surface area contributed by atoms with Gasteiger partial charge in [0.25, 0.3) is 0 Å². The van der Waals surface area contributed by atoms with E-state index in [1.54, 1.807) is 26.9 Å². The Hall–Kier alpha value is -2.97. The number of hydrogen-bond donors (Lipinski definition) is 1. The molecular weight excluding hydrogens is 482 g/mol. The van der Waals surface area contributed by atoms with Crippen LogP contribution < -0.4 is 0 Å². The zero-order valence-electron chi connectivity index (χ0n) is 22.8. The number of aliphatic hydroxyl groups is 1. The molecule has 0 saturated carbocycles. The lowest BCUT2D eigenvalue weighted by atomic mass is 9.70. The van der Waals surface area contributed by atoms with Gasteiger partial charge >= 0.3 is 0 Å². The molecule has 38 heavy (non-hydrogen) atoms. The molecule has 0 aromatic heterocycles. The van der Waals surface area contributed by atoms with Crippen molar-refractivity contribution in [3.63, 3.8) is 0 Å². The maximum atomic E-state index is 14.2. The highest BCUT2D eigenvalue weighted by Gasteiger charge is 2.75. The summed E-state index contributed by atoms with van der Waals surface area (Å²) in [6.07, 6.45) is 4.54. The lowest BCUT2D eigenvalue weighted by molar-refractivity contribution is -0.152. The second-order valence-electron chi connectivity index (χ2n) is 10.9. The molecule has 1 N–H and O–H groups in total. The summed E-state index contributed by atoms with van der Waals surface area (Å²) < 4.78 is 6.59.